The summed E-state index contributed by atoms with van der Waals surface area (Å²) >= 11 is 0. The van der Waals surface area contributed by atoms with E-state index in [-0.39, 0.29) is 0 Å². The van der Waals surface area contributed by atoms with Crippen molar-refractivity contribution in [2.24, 2.45) is 0 Å². The van der Waals surface area contributed by atoms with Gasteiger partial charge in [0.15, 0.2) is 0 Å². The molecule has 0 N–H and O–H groups in total. The molecule has 94 valence electrons. The summed E-state index contributed by atoms with van der Waals surface area (Å²) in [4.78, 5) is 2.51. The van der Waals surface area contributed by atoms with Gasteiger partial charge < -0.3 is 4.90 Å². The molecule has 1 heterocycles. The van der Waals surface area contributed by atoms with Crippen LogP contribution in [0.5, 0.6) is 0 Å². The number of benzene rings is 1. The molecule has 2 atom stereocenters. The van der Waals surface area contributed by atoms with E-state index in [0.29, 0.717) is 0 Å². The van der Waals surface area contributed by atoms with Crippen molar-refractivity contribution in [3.05, 3.63) is 29.8 Å². The standard InChI is InChI=1S/C16H25N/c1-4-6-7-11-15-13(5-2)14-10-8-9-12-16(14)17(15)3/h8-10,12-13,15H,4-7,11H2,1-3H3/t13-,15-/m1/s1. The number of hydrogen-bond donors (Lipinski definition) is 0. The normalized spacial score (nSPS) is 22.9. The molecule has 17 heavy (non-hydrogen) atoms. The molecule has 1 heteroatoms. The van der Waals surface area contributed by atoms with E-state index in [9.17, 15) is 0 Å². The van der Waals surface area contributed by atoms with Crippen LogP contribution in [-0.4, -0.2) is 13.1 Å². The first-order valence-corrected chi connectivity index (χ1v) is 7.11. The third kappa shape index (κ3) is 2.34. The predicted molar refractivity (Wildman–Crippen MR) is 75.8 cm³/mol. The van der Waals surface area contributed by atoms with Crippen LogP contribution in [0, 0.1) is 0 Å². The second-order valence-electron chi connectivity index (χ2n) is 5.25. The van der Waals surface area contributed by atoms with Crippen LogP contribution in [0.4, 0.5) is 5.69 Å². The summed E-state index contributed by atoms with van der Waals surface area (Å²) in [6.07, 6.45) is 6.67. The van der Waals surface area contributed by atoms with Crippen molar-refractivity contribution in [2.45, 2.75) is 57.9 Å². The van der Waals surface area contributed by atoms with Gasteiger partial charge in [-0.25, -0.2) is 0 Å². The van der Waals surface area contributed by atoms with Crippen LogP contribution in [0.1, 0.15) is 57.4 Å². The van der Waals surface area contributed by atoms with Crippen molar-refractivity contribution in [3.63, 3.8) is 0 Å². The highest BCUT2D eigenvalue weighted by molar-refractivity contribution is 5.61. The zero-order valence-corrected chi connectivity index (χ0v) is 11.4. The molecule has 1 aromatic carbocycles. The van der Waals surface area contributed by atoms with Crippen LogP contribution < -0.4 is 4.90 Å². The Bertz CT molecular complexity index is 358. The van der Waals surface area contributed by atoms with Gasteiger partial charge in [-0.1, -0.05) is 51.3 Å². The van der Waals surface area contributed by atoms with Gasteiger partial charge in [-0.3, -0.25) is 0 Å². The molecule has 2 rings (SSSR count). The van der Waals surface area contributed by atoms with Crippen molar-refractivity contribution in [1.29, 1.82) is 0 Å². The van der Waals surface area contributed by atoms with E-state index in [2.05, 4.69) is 50.1 Å². The number of likely N-dealkylation sites (N-methyl/N-ethyl adjacent to an activating group) is 1. The Morgan fingerprint density at radius 3 is 2.59 bits per heavy atom. The van der Waals surface area contributed by atoms with E-state index < -0.39 is 0 Å². The van der Waals surface area contributed by atoms with Gasteiger partial charge in [-0.15, -0.1) is 0 Å². The average molecular weight is 231 g/mol. The van der Waals surface area contributed by atoms with E-state index in [1.165, 1.54) is 37.8 Å². The lowest BCUT2D eigenvalue weighted by Gasteiger charge is -2.26. The molecule has 1 nitrogen and oxygen atoms in total. The zero-order valence-electron chi connectivity index (χ0n) is 11.4. The summed E-state index contributed by atoms with van der Waals surface area (Å²) in [6, 6.07) is 9.67. The van der Waals surface area contributed by atoms with E-state index >= 15 is 0 Å². The highest BCUT2D eigenvalue weighted by Gasteiger charge is 2.34. The summed E-state index contributed by atoms with van der Waals surface area (Å²) in [5.74, 6) is 0.744. The Hall–Kier alpha value is -0.980. The second kappa shape index (κ2) is 5.57. The molecule has 0 saturated heterocycles. The lowest BCUT2D eigenvalue weighted by Crippen LogP contribution is -2.30. The van der Waals surface area contributed by atoms with Crippen LogP contribution in [0.3, 0.4) is 0 Å². The first-order valence-electron chi connectivity index (χ1n) is 7.11. The lowest BCUT2D eigenvalue weighted by molar-refractivity contribution is 0.476. The van der Waals surface area contributed by atoms with E-state index in [1.54, 1.807) is 5.56 Å². The Morgan fingerprint density at radius 2 is 1.88 bits per heavy atom. The van der Waals surface area contributed by atoms with Crippen LogP contribution in [0.25, 0.3) is 0 Å². The Kier molecular flexibility index (Phi) is 4.09. The maximum Gasteiger partial charge on any atom is 0.0402 e. The molecule has 0 bridgehead atoms. The maximum absolute atomic E-state index is 2.51. The number of nitrogens with zero attached hydrogens (tertiary/aromatic N) is 1. The number of anilines is 1. The Balaban J connectivity index is 2.14. The number of fused-ring (bicyclic) bond motifs is 1. The second-order valence-corrected chi connectivity index (χ2v) is 5.25. The maximum atomic E-state index is 2.51. The van der Waals surface area contributed by atoms with Gasteiger partial charge in [-0.2, -0.15) is 0 Å². The molecule has 0 radical (unpaired) electrons. The van der Waals surface area contributed by atoms with Gasteiger partial charge in [0.2, 0.25) is 0 Å². The lowest BCUT2D eigenvalue weighted by atomic mass is 9.89. The zero-order chi connectivity index (χ0) is 12.3. The first-order chi connectivity index (χ1) is 8.29. The van der Waals surface area contributed by atoms with Gasteiger partial charge in [-0.05, 0) is 24.5 Å². The van der Waals surface area contributed by atoms with E-state index in [0.717, 1.165) is 12.0 Å². The summed E-state index contributed by atoms with van der Waals surface area (Å²) in [5, 5.41) is 0. The topological polar surface area (TPSA) is 3.24 Å². The molecular formula is C16H25N. The molecule has 1 aliphatic heterocycles. The summed E-state index contributed by atoms with van der Waals surface area (Å²) in [6.45, 7) is 4.61. The van der Waals surface area contributed by atoms with Gasteiger partial charge in [0.05, 0.1) is 0 Å². The summed E-state index contributed by atoms with van der Waals surface area (Å²) in [7, 11) is 2.27. The highest BCUT2D eigenvalue weighted by Crippen LogP contribution is 2.43. The quantitative estimate of drug-likeness (QED) is 0.670. The molecular weight excluding hydrogens is 206 g/mol. The Labute approximate surface area is 106 Å². The molecule has 0 aromatic heterocycles. The molecule has 0 unspecified atom stereocenters. The number of hydrogen-bond acceptors (Lipinski definition) is 1. The Morgan fingerprint density at radius 1 is 1.12 bits per heavy atom. The van der Waals surface area contributed by atoms with Gasteiger partial charge in [0.25, 0.3) is 0 Å². The molecule has 0 fully saturated rings. The van der Waals surface area contributed by atoms with Crippen molar-refractivity contribution in [1.82, 2.24) is 0 Å². The largest absolute Gasteiger partial charge is 0.371 e. The van der Waals surface area contributed by atoms with Crippen molar-refractivity contribution >= 4 is 5.69 Å². The fraction of sp³-hybridized carbons (Fsp3) is 0.625. The molecule has 1 aromatic rings. The van der Waals surface area contributed by atoms with Gasteiger partial charge >= 0.3 is 0 Å². The summed E-state index contributed by atoms with van der Waals surface area (Å²) < 4.78 is 0. The number of para-hydroxylation sites is 1. The fourth-order valence-electron chi connectivity index (χ4n) is 3.27. The highest BCUT2D eigenvalue weighted by atomic mass is 15.2. The third-order valence-corrected chi connectivity index (χ3v) is 4.22. The monoisotopic (exact) mass is 231 g/mol. The molecule has 0 amide bonds. The predicted octanol–water partition coefficient (Wildman–Crippen LogP) is 4.58. The van der Waals surface area contributed by atoms with Gasteiger partial charge in [0.1, 0.15) is 0 Å². The van der Waals surface area contributed by atoms with Crippen LogP contribution >= 0.6 is 0 Å². The van der Waals surface area contributed by atoms with E-state index in [4.69, 9.17) is 0 Å². The smallest absolute Gasteiger partial charge is 0.0402 e. The van der Waals surface area contributed by atoms with Crippen LogP contribution in [0.2, 0.25) is 0 Å². The SMILES string of the molecule is CCCCC[C@@H]1[C@H](CC)c2ccccc2N1C. The minimum atomic E-state index is 0.726. The van der Waals surface area contributed by atoms with Gasteiger partial charge in [0, 0.05) is 24.7 Å². The number of unbranched alkanes of at least 4 members (excludes halogenated alkanes) is 2. The van der Waals surface area contributed by atoms with Crippen LogP contribution in [0.15, 0.2) is 24.3 Å². The number of rotatable bonds is 5. The molecule has 1 aliphatic rings. The van der Waals surface area contributed by atoms with Crippen molar-refractivity contribution < 1.29 is 0 Å². The fourth-order valence-corrected chi connectivity index (χ4v) is 3.27. The van der Waals surface area contributed by atoms with Crippen molar-refractivity contribution in [3.8, 4) is 0 Å². The molecule has 0 aliphatic carbocycles. The molecule has 0 spiro atoms. The minimum Gasteiger partial charge on any atom is -0.371 e. The third-order valence-electron chi connectivity index (χ3n) is 4.22. The average Bonchev–Trinajstić information content (AvgIpc) is 2.63. The summed E-state index contributed by atoms with van der Waals surface area (Å²) in [5.41, 5.74) is 3.03. The van der Waals surface area contributed by atoms with Crippen molar-refractivity contribution in [2.75, 3.05) is 11.9 Å². The molecule has 0 saturated carbocycles. The van der Waals surface area contributed by atoms with E-state index in [1.807, 2.05) is 0 Å². The van der Waals surface area contributed by atoms with Crippen LogP contribution in [-0.2, 0) is 0 Å². The first kappa shape index (κ1) is 12.5. The minimum absolute atomic E-state index is 0.726.